The van der Waals surface area contributed by atoms with Crippen LogP contribution in [0.3, 0.4) is 0 Å². The van der Waals surface area contributed by atoms with Gasteiger partial charge in [0.2, 0.25) is 0 Å². The Hall–Kier alpha value is -1.65. The molecule has 0 spiro atoms. The molecule has 0 aliphatic carbocycles. The molecule has 0 aliphatic heterocycles. The maximum absolute atomic E-state index is 11.6. The van der Waals surface area contributed by atoms with Crippen molar-refractivity contribution in [3.05, 3.63) is 48.0 Å². The van der Waals surface area contributed by atoms with E-state index >= 15 is 0 Å². The van der Waals surface area contributed by atoms with Crippen LogP contribution in [-0.4, -0.2) is 24.5 Å². The van der Waals surface area contributed by atoms with E-state index in [1.165, 1.54) is 6.08 Å². The van der Waals surface area contributed by atoms with Crippen molar-refractivity contribution in [3.8, 4) is 0 Å². The van der Waals surface area contributed by atoms with Gasteiger partial charge in [-0.1, -0.05) is 43.3 Å². The van der Waals surface area contributed by atoms with Gasteiger partial charge in [0.15, 0.2) is 0 Å². The predicted molar refractivity (Wildman–Crippen MR) is 95.4 cm³/mol. The fourth-order valence-corrected chi connectivity index (χ4v) is 1.96. The molecular formula is C20H30O4. The van der Waals surface area contributed by atoms with Crippen LogP contribution in [0.4, 0.5) is 0 Å². The lowest BCUT2D eigenvalue weighted by Gasteiger charge is -2.20. The molecule has 134 valence electrons. The van der Waals surface area contributed by atoms with Crippen LogP contribution in [0.1, 0.15) is 46.6 Å². The van der Waals surface area contributed by atoms with E-state index in [1.807, 2.05) is 64.1 Å². The molecule has 0 heterocycles. The van der Waals surface area contributed by atoms with Gasteiger partial charge in [-0.2, -0.15) is 0 Å². The van der Waals surface area contributed by atoms with Gasteiger partial charge >= 0.3 is 5.97 Å². The number of carbonyl (C=O) groups excluding carboxylic acids is 1. The molecule has 0 N–H and O–H groups in total. The summed E-state index contributed by atoms with van der Waals surface area (Å²) in [6.07, 6.45) is 4.12. The monoisotopic (exact) mass is 334 g/mol. The first-order valence-electron chi connectivity index (χ1n) is 8.40. The van der Waals surface area contributed by atoms with Gasteiger partial charge in [-0.15, -0.1) is 0 Å². The SMILES string of the molecule is C[C@H](C/C=C/C(=O)OC(C)(C)C)[C@H](C)OCOCc1ccccc1. The zero-order chi connectivity index (χ0) is 18.0. The molecule has 0 aromatic heterocycles. The summed E-state index contributed by atoms with van der Waals surface area (Å²) >= 11 is 0. The van der Waals surface area contributed by atoms with Crippen LogP contribution in [0.5, 0.6) is 0 Å². The normalized spacial score (nSPS) is 14.5. The second-order valence-electron chi connectivity index (χ2n) is 6.97. The number of ether oxygens (including phenoxy) is 3. The molecule has 4 nitrogen and oxygen atoms in total. The molecule has 2 atom stereocenters. The maximum Gasteiger partial charge on any atom is 0.330 e. The molecule has 0 bridgehead atoms. The molecule has 24 heavy (non-hydrogen) atoms. The molecule has 1 aromatic carbocycles. The minimum atomic E-state index is -0.459. The second kappa shape index (κ2) is 10.3. The van der Waals surface area contributed by atoms with E-state index in [4.69, 9.17) is 14.2 Å². The van der Waals surface area contributed by atoms with E-state index in [-0.39, 0.29) is 24.8 Å². The average Bonchev–Trinajstić information content (AvgIpc) is 2.50. The smallest absolute Gasteiger partial charge is 0.330 e. The third-order valence-electron chi connectivity index (χ3n) is 3.50. The lowest BCUT2D eigenvalue weighted by atomic mass is 10.0. The minimum Gasteiger partial charge on any atom is -0.457 e. The van der Waals surface area contributed by atoms with Gasteiger partial charge in [-0.25, -0.2) is 4.79 Å². The van der Waals surface area contributed by atoms with Gasteiger partial charge in [-0.05, 0) is 45.6 Å². The van der Waals surface area contributed by atoms with Gasteiger partial charge < -0.3 is 14.2 Å². The van der Waals surface area contributed by atoms with Gasteiger partial charge in [0, 0.05) is 6.08 Å². The number of carbonyl (C=O) groups is 1. The quantitative estimate of drug-likeness (QED) is 0.289. The van der Waals surface area contributed by atoms with Crippen LogP contribution in [-0.2, 0) is 25.6 Å². The van der Waals surface area contributed by atoms with Crippen molar-refractivity contribution in [2.45, 2.75) is 59.4 Å². The fraction of sp³-hybridized carbons (Fsp3) is 0.550. The summed E-state index contributed by atoms with van der Waals surface area (Å²) in [5.74, 6) is -0.0292. The van der Waals surface area contributed by atoms with Crippen molar-refractivity contribution in [1.29, 1.82) is 0 Å². The van der Waals surface area contributed by atoms with Crippen molar-refractivity contribution in [1.82, 2.24) is 0 Å². The molecule has 1 rings (SSSR count). The second-order valence-corrected chi connectivity index (χ2v) is 6.97. The Morgan fingerprint density at radius 1 is 1.17 bits per heavy atom. The lowest BCUT2D eigenvalue weighted by Crippen LogP contribution is -2.22. The van der Waals surface area contributed by atoms with Gasteiger partial charge in [0.1, 0.15) is 12.4 Å². The summed E-state index contributed by atoms with van der Waals surface area (Å²) in [4.78, 5) is 11.6. The summed E-state index contributed by atoms with van der Waals surface area (Å²) in [6, 6.07) is 10.00. The van der Waals surface area contributed by atoms with E-state index in [0.717, 1.165) is 12.0 Å². The van der Waals surface area contributed by atoms with E-state index in [0.29, 0.717) is 6.61 Å². The molecule has 4 heteroatoms. The van der Waals surface area contributed by atoms with E-state index in [2.05, 4.69) is 6.92 Å². The van der Waals surface area contributed by atoms with E-state index in [9.17, 15) is 4.79 Å². The first kappa shape index (κ1) is 20.4. The number of esters is 1. The molecule has 0 aliphatic rings. The Balaban J connectivity index is 2.20. The lowest BCUT2D eigenvalue weighted by molar-refractivity contribution is -0.148. The molecule has 0 unspecified atom stereocenters. The summed E-state index contributed by atoms with van der Waals surface area (Å²) in [7, 11) is 0. The van der Waals surface area contributed by atoms with Crippen LogP contribution < -0.4 is 0 Å². The first-order valence-corrected chi connectivity index (χ1v) is 8.40. The molecule has 0 saturated carbocycles. The Kier molecular flexibility index (Phi) is 8.72. The van der Waals surface area contributed by atoms with Crippen LogP contribution >= 0.6 is 0 Å². The van der Waals surface area contributed by atoms with Crippen LogP contribution in [0.2, 0.25) is 0 Å². The van der Waals surface area contributed by atoms with Crippen molar-refractivity contribution in [2.24, 2.45) is 5.92 Å². The van der Waals surface area contributed by atoms with Gasteiger partial charge in [0.05, 0.1) is 12.7 Å². The molecule has 0 fully saturated rings. The standard InChI is InChI=1S/C20H30O4/c1-16(10-9-13-19(21)24-20(3,4)5)17(2)23-15-22-14-18-11-7-6-8-12-18/h6-9,11-13,16-17H,10,14-15H2,1-5H3/b13-9+/t16-,17+/m1/s1. The summed E-state index contributed by atoms with van der Waals surface area (Å²) < 4.78 is 16.4. The highest BCUT2D eigenvalue weighted by Crippen LogP contribution is 2.13. The largest absolute Gasteiger partial charge is 0.457 e. The average molecular weight is 334 g/mol. The Morgan fingerprint density at radius 2 is 1.83 bits per heavy atom. The topological polar surface area (TPSA) is 44.8 Å². The highest BCUT2D eigenvalue weighted by molar-refractivity contribution is 5.82. The van der Waals surface area contributed by atoms with E-state index in [1.54, 1.807) is 0 Å². The molecule has 0 amide bonds. The number of rotatable bonds is 9. The summed E-state index contributed by atoms with van der Waals surface area (Å²) in [5, 5.41) is 0. The predicted octanol–water partition coefficient (Wildman–Crippen LogP) is 4.49. The summed E-state index contributed by atoms with van der Waals surface area (Å²) in [6.45, 7) is 10.5. The highest BCUT2D eigenvalue weighted by atomic mass is 16.7. The van der Waals surface area contributed by atoms with Crippen LogP contribution in [0, 0.1) is 5.92 Å². The van der Waals surface area contributed by atoms with Gasteiger partial charge in [-0.3, -0.25) is 0 Å². The van der Waals surface area contributed by atoms with E-state index < -0.39 is 5.60 Å². The summed E-state index contributed by atoms with van der Waals surface area (Å²) in [5.41, 5.74) is 0.668. The maximum atomic E-state index is 11.6. The van der Waals surface area contributed by atoms with Crippen molar-refractivity contribution in [3.63, 3.8) is 0 Å². The minimum absolute atomic E-state index is 0.0454. The zero-order valence-electron chi connectivity index (χ0n) is 15.5. The highest BCUT2D eigenvalue weighted by Gasteiger charge is 2.15. The van der Waals surface area contributed by atoms with Crippen LogP contribution in [0.15, 0.2) is 42.5 Å². The number of benzene rings is 1. The van der Waals surface area contributed by atoms with Crippen molar-refractivity contribution < 1.29 is 19.0 Å². The first-order chi connectivity index (χ1) is 11.3. The number of hydrogen-bond donors (Lipinski definition) is 0. The van der Waals surface area contributed by atoms with Crippen molar-refractivity contribution in [2.75, 3.05) is 6.79 Å². The number of hydrogen-bond acceptors (Lipinski definition) is 4. The third-order valence-corrected chi connectivity index (χ3v) is 3.50. The Bertz CT molecular complexity index is 502. The molecule has 0 saturated heterocycles. The molecular weight excluding hydrogens is 304 g/mol. The van der Waals surface area contributed by atoms with Crippen molar-refractivity contribution >= 4 is 5.97 Å². The van der Waals surface area contributed by atoms with Gasteiger partial charge in [0.25, 0.3) is 0 Å². The fourth-order valence-electron chi connectivity index (χ4n) is 1.96. The third kappa shape index (κ3) is 9.48. The molecule has 0 radical (unpaired) electrons. The number of allylic oxidation sites excluding steroid dienone is 1. The Labute approximate surface area is 145 Å². The Morgan fingerprint density at radius 3 is 2.46 bits per heavy atom. The zero-order valence-corrected chi connectivity index (χ0v) is 15.5. The molecule has 1 aromatic rings. The van der Waals surface area contributed by atoms with Crippen LogP contribution in [0.25, 0.3) is 0 Å².